The molecule has 1 aliphatic heterocycles. The van der Waals surface area contributed by atoms with E-state index in [9.17, 15) is 15.0 Å². The van der Waals surface area contributed by atoms with Crippen LogP contribution in [0.5, 0.6) is 11.5 Å². The zero-order valence-corrected chi connectivity index (χ0v) is 11.6. The van der Waals surface area contributed by atoms with E-state index in [0.717, 1.165) is 0 Å². The first-order chi connectivity index (χ1) is 9.99. The Balaban J connectivity index is 2.22. The first-order valence-electron chi connectivity index (χ1n) is 6.50. The van der Waals surface area contributed by atoms with Crippen LogP contribution >= 0.6 is 0 Å². The molecule has 5 nitrogen and oxygen atoms in total. The van der Waals surface area contributed by atoms with Crippen molar-refractivity contribution in [2.45, 2.75) is 13.8 Å². The molecule has 0 spiro atoms. The number of carbonyl (C=O) groups excluding carboxylic acids is 1. The molecule has 0 saturated carbocycles. The second-order valence-electron chi connectivity index (χ2n) is 4.97. The molecule has 0 atom stereocenters. The van der Waals surface area contributed by atoms with Crippen LogP contribution in [0.25, 0.3) is 11.6 Å². The van der Waals surface area contributed by atoms with Gasteiger partial charge in [-0.1, -0.05) is 18.2 Å². The molecule has 2 heterocycles. The molecule has 5 heteroatoms. The zero-order valence-electron chi connectivity index (χ0n) is 11.6. The highest BCUT2D eigenvalue weighted by molar-refractivity contribution is 6.35. The van der Waals surface area contributed by atoms with Crippen molar-refractivity contribution in [2.24, 2.45) is 0 Å². The number of amides is 1. The highest BCUT2D eigenvalue weighted by Gasteiger charge is 2.29. The fourth-order valence-electron chi connectivity index (χ4n) is 2.46. The number of para-hydroxylation sites is 1. The molecule has 1 aliphatic rings. The Hall–Kier alpha value is -2.82. The first kappa shape index (κ1) is 13.2. The number of benzene rings is 1. The van der Waals surface area contributed by atoms with E-state index in [4.69, 9.17) is 0 Å². The van der Waals surface area contributed by atoms with Crippen LogP contribution in [0.1, 0.15) is 22.4 Å². The summed E-state index contributed by atoms with van der Waals surface area (Å²) in [5, 5.41) is 22.5. The van der Waals surface area contributed by atoms with E-state index in [2.05, 4.69) is 10.3 Å². The number of rotatable bonds is 1. The van der Waals surface area contributed by atoms with Crippen molar-refractivity contribution >= 4 is 23.4 Å². The van der Waals surface area contributed by atoms with Crippen LogP contribution in [0.2, 0.25) is 0 Å². The van der Waals surface area contributed by atoms with Crippen molar-refractivity contribution in [2.75, 3.05) is 5.32 Å². The minimum absolute atomic E-state index is 0.0773. The number of nitrogens with one attached hydrogen (secondary N) is 1. The highest BCUT2D eigenvalue weighted by Crippen LogP contribution is 2.39. The minimum atomic E-state index is -0.297. The first-order valence-corrected chi connectivity index (χ1v) is 6.50. The van der Waals surface area contributed by atoms with Gasteiger partial charge < -0.3 is 15.5 Å². The van der Waals surface area contributed by atoms with Crippen molar-refractivity contribution in [3.05, 3.63) is 46.6 Å². The van der Waals surface area contributed by atoms with Gasteiger partial charge in [0.25, 0.3) is 5.91 Å². The van der Waals surface area contributed by atoms with Gasteiger partial charge in [0.2, 0.25) is 0 Å². The quantitative estimate of drug-likeness (QED) is 0.702. The average molecular weight is 282 g/mol. The zero-order chi connectivity index (χ0) is 15.1. The lowest BCUT2D eigenvalue weighted by atomic mass is 10.00. The summed E-state index contributed by atoms with van der Waals surface area (Å²) < 4.78 is 0. The van der Waals surface area contributed by atoms with E-state index >= 15 is 0 Å². The number of aromatic nitrogens is 1. The molecule has 0 aliphatic carbocycles. The molecule has 0 radical (unpaired) electrons. The number of phenols is 1. The summed E-state index contributed by atoms with van der Waals surface area (Å²) in [5.41, 5.74) is 2.56. The van der Waals surface area contributed by atoms with Crippen molar-refractivity contribution < 1.29 is 15.0 Å². The van der Waals surface area contributed by atoms with Gasteiger partial charge in [-0.3, -0.25) is 4.79 Å². The largest absolute Gasteiger partial charge is 0.507 e. The van der Waals surface area contributed by atoms with Gasteiger partial charge in [0.05, 0.1) is 11.3 Å². The predicted octanol–water partition coefficient (Wildman–Crippen LogP) is 2.60. The predicted molar refractivity (Wildman–Crippen MR) is 80.0 cm³/mol. The van der Waals surface area contributed by atoms with E-state index < -0.39 is 0 Å². The van der Waals surface area contributed by atoms with Crippen molar-refractivity contribution in [3.63, 3.8) is 0 Å². The molecule has 1 amide bonds. The number of phenolic OH excluding ortho intramolecular Hbond substituents is 1. The molecule has 3 N–H and O–H groups in total. The SMILES string of the molecule is Cc1nc2c(c(C)c1O)C(=Cc1ccccc1O)C(=O)N2. The Morgan fingerprint density at radius 2 is 1.90 bits per heavy atom. The van der Waals surface area contributed by atoms with Gasteiger partial charge in [-0.2, -0.15) is 0 Å². The topological polar surface area (TPSA) is 82.5 Å². The molecule has 1 aromatic carbocycles. The number of aryl methyl sites for hydroxylation is 1. The van der Waals surface area contributed by atoms with Crippen LogP contribution in [0, 0.1) is 13.8 Å². The van der Waals surface area contributed by atoms with E-state index in [1.807, 2.05) is 0 Å². The van der Waals surface area contributed by atoms with Crippen LogP contribution in [0.3, 0.4) is 0 Å². The Bertz CT molecular complexity index is 794. The van der Waals surface area contributed by atoms with Crippen molar-refractivity contribution in [1.82, 2.24) is 4.98 Å². The van der Waals surface area contributed by atoms with E-state index in [0.29, 0.717) is 33.8 Å². The summed E-state index contributed by atoms with van der Waals surface area (Å²) in [6, 6.07) is 6.75. The number of hydrogen-bond donors (Lipinski definition) is 3. The summed E-state index contributed by atoms with van der Waals surface area (Å²) in [7, 11) is 0. The number of nitrogens with zero attached hydrogens (tertiary/aromatic N) is 1. The van der Waals surface area contributed by atoms with E-state index in [-0.39, 0.29) is 17.4 Å². The van der Waals surface area contributed by atoms with Crippen molar-refractivity contribution in [3.8, 4) is 11.5 Å². The smallest absolute Gasteiger partial charge is 0.257 e. The molecule has 2 aromatic rings. The Morgan fingerprint density at radius 3 is 2.62 bits per heavy atom. The summed E-state index contributed by atoms with van der Waals surface area (Å²) in [6.07, 6.45) is 1.60. The van der Waals surface area contributed by atoms with Crippen molar-refractivity contribution in [1.29, 1.82) is 0 Å². The molecule has 0 unspecified atom stereocenters. The number of hydrogen-bond acceptors (Lipinski definition) is 4. The number of aromatic hydroxyl groups is 2. The molecular weight excluding hydrogens is 268 g/mol. The highest BCUT2D eigenvalue weighted by atomic mass is 16.3. The monoisotopic (exact) mass is 282 g/mol. The second kappa shape index (κ2) is 4.63. The van der Waals surface area contributed by atoms with E-state index in [1.54, 1.807) is 44.2 Å². The fraction of sp³-hybridized carbons (Fsp3) is 0.125. The van der Waals surface area contributed by atoms with Crippen LogP contribution in [0.15, 0.2) is 24.3 Å². The Labute approximate surface area is 121 Å². The molecule has 106 valence electrons. The molecule has 0 bridgehead atoms. The average Bonchev–Trinajstić information content (AvgIpc) is 2.75. The lowest BCUT2D eigenvalue weighted by molar-refractivity contribution is -0.110. The molecular formula is C16H14N2O3. The summed E-state index contributed by atoms with van der Waals surface area (Å²) >= 11 is 0. The van der Waals surface area contributed by atoms with Crippen LogP contribution in [-0.4, -0.2) is 21.1 Å². The van der Waals surface area contributed by atoms with Crippen LogP contribution < -0.4 is 5.32 Å². The summed E-state index contributed by atoms with van der Waals surface area (Å²) in [4.78, 5) is 16.3. The van der Waals surface area contributed by atoms with Gasteiger partial charge in [-0.05, 0) is 26.0 Å². The standard InChI is InChI=1S/C16H14N2O3/c1-8-13-11(7-10-5-3-4-6-12(10)19)16(21)18-15(13)17-9(2)14(8)20/h3-7,19-20H,1-2H3,(H,17,18,21). The molecule has 3 rings (SSSR count). The number of anilines is 1. The van der Waals surface area contributed by atoms with E-state index in [1.165, 1.54) is 0 Å². The van der Waals surface area contributed by atoms with Crippen LogP contribution in [-0.2, 0) is 4.79 Å². The van der Waals surface area contributed by atoms with Gasteiger partial charge in [0.15, 0.2) is 0 Å². The maximum Gasteiger partial charge on any atom is 0.257 e. The summed E-state index contributed by atoms with van der Waals surface area (Å²) in [6.45, 7) is 3.42. The normalized spacial score (nSPS) is 15.1. The van der Waals surface area contributed by atoms with Gasteiger partial charge in [0.1, 0.15) is 17.3 Å². The molecule has 0 fully saturated rings. The Kier molecular flexibility index (Phi) is 2.90. The number of fused-ring (bicyclic) bond motifs is 1. The lowest BCUT2D eigenvalue weighted by Gasteiger charge is -2.08. The van der Waals surface area contributed by atoms with Gasteiger partial charge in [-0.15, -0.1) is 0 Å². The second-order valence-corrected chi connectivity index (χ2v) is 4.97. The van der Waals surface area contributed by atoms with Gasteiger partial charge in [0, 0.05) is 16.7 Å². The fourth-order valence-corrected chi connectivity index (χ4v) is 2.46. The summed E-state index contributed by atoms with van der Waals surface area (Å²) in [5.74, 6) is 0.310. The Morgan fingerprint density at radius 1 is 1.19 bits per heavy atom. The third-order valence-electron chi connectivity index (χ3n) is 3.57. The third kappa shape index (κ3) is 2.03. The minimum Gasteiger partial charge on any atom is -0.507 e. The van der Waals surface area contributed by atoms with Gasteiger partial charge >= 0.3 is 0 Å². The van der Waals surface area contributed by atoms with Crippen LogP contribution in [0.4, 0.5) is 5.82 Å². The molecule has 1 aromatic heterocycles. The number of carbonyl (C=O) groups is 1. The lowest BCUT2D eigenvalue weighted by Crippen LogP contribution is -2.04. The maximum absolute atomic E-state index is 12.1. The third-order valence-corrected chi connectivity index (χ3v) is 3.57. The van der Waals surface area contributed by atoms with Gasteiger partial charge in [-0.25, -0.2) is 4.98 Å². The molecule has 21 heavy (non-hydrogen) atoms. The number of pyridine rings is 1. The molecule has 0 saturated heterocycles. The maximum atomic E-state index is 12.1.